The van der Waals surface area contributed by atoms with E-state index in [0.717, 1.165) is 0 Å². The van der Waals surface area contributed by atoms with E-state index in [2.05, 4.69) is 25.6 Å². The zero-order chi connectivity index (χ0) is 14.0. The molecule has 0 unspecified atom stereocenters. The monoisotopic (exact) mass is 284 g/mol. The van der Waals surface area contributed by atoms with Crippen molar-refractivity contribution < 1.29 is 14.2 Å². The molecular formula is C11H16N4O3S. The van der Waals surface area contributed by atoms with Crippen molar-refractivity contribution in [3.05, 3.63) is 11.4 Å². The van der Waals surface area contributed by atoms with Crippen molar-refractivity contribution in [2.24, 2.45) is 0 Å². The summed E-state index contributed by atoms with van der Waals surface area (Å²) in [4.78, 5) is 23.7. The largest absolute Gasteiger partial charge is 0.348 e. The van der Waals surface area contributed by atoms with Crippen LogP contribution in [0.3, 0.4) is 0 Å². The molecule has 2 N–H and O–H groups in total. The number of rotatable bonds is 3. The minimum absolute atomic E-state index is 0.122. The van der Waals surface area contributed by atoms with Gasteiger partial charge in [0.15, 0.2) is 0 Å². The van der Waals surface area contributed by atoms with Gasteiger partial charge in [0.1, 0.15) is 17.4 Å². The van der Waals surface area contributed by atoms with Crippen LogP contribution >= 0.6 is 11.8 Å². The summed E-state index contributed by atoms with van der Waals surface area (Å²) in [5, 5.41) is 12.7. The van der Waals surface area contributed by atoms with Gasteiger partial charge in [-0.2, -0.15) is 0 Å². The number of thioether (sulfide) groups is 1. The van der Waals surface area contributed by atoms with E-state index in [1.165, 1.54) is 11.8 Å². The summed E-state index contributed by atoms with van der Waals surface area (Å²) in [7, 11) is 0. The molecule has 2 heterocycles. The maximum Gasteiger partial charge on any atom is 0.243 e. The van der Waals surface area contributed by atoms with Crippen LogP contribution in [0.4, 0.5) is 0 Å². The van der Waals surface area contributed by atoms with E-state index in [9.17, 15) is 9.59 Å². The molecule has 1 fully saturated rings. The van der Waals surface area contributed by atoms with Crippen LogP contribution in [-0.2, 0) is 16.1 Å². The standard InChI is InChI=1S/C11H16N4O3S/c1-6-7(15-18-14-6)4-12-9(16)8-5-19-11(2,3)10(17)13-8/h8H,4-5H2,1-3H3,(H,12,16)(H,13,17)/t8-/m1/s1. The van der Waals surface area contributed by atoms with Crippen molar-refractivity contribution >= 4 is 23.6 Å². The third kappa shape index (κ3) is 3.06. The van der Waals surface area contributed by atoms with E-state index >= 15 is 0 Å². The number of nitrogens with one attached hydrogen (secondary N) is 2. The van der Waals surface area contributed by atoms with Crippen molar-refractivity contribution in [1.82, 2.24) is 20.9 Å². The Kier molecular flexibility index (Phi) is 3.79. The van der Waals surface area contributed by atoms with Gasteiger partial charge in [-0.05, 0) is 20.8 Å². The van der Waals surface area contributed by atoms with Crippen LogP contribution in [0.1, 0.15) is 25.2 Å². The molecule has 8 heteroatoms. The molecule has 104 valence electrons. The number of carbonyl (C=O) groups is 2. The van der Waals surface area contributed by atoms with Crippen molar-refractivity contribution in [1.29, 1.82) is 0 Å². The molecule has 0 aromatic carbocycles. The fraction of sp³-hybridized carbons (Fsp3) is 0.636. The molecule has 1 aromatic rings. The second kappa shape index (κ2) is 5.20. The Morgan fingerprint density at radius 2 is 2.32 bits per heavy atom. The van der Waals surface area contributed by atoms with Gasteiger partial charge in [0.2, 0.25) is 11.8 Å². The van der Waals surface area contributed by atoms with Gasteiger partial charge < -0.3 is 10.6 Å². The molecular weight excluding hydrogens is 268 g/mol. The molecule has 0 spiro atoms. The SMILES string of the molecule is Cc1nonc1CNC(=O)[C@H]1CSC(C)(C)C(=O)N1. The molecule has 2 rings (SSSR count). The van der Waals surface area contributed by atoms with Crippen LogP contribution in [-0.4, -0.2) is 38.7 Å². The quantitative estimate of drug-likeness (QED) is 0.811. The molecule has 19 heavy (non-hydrogen) atoms. The third-order valence-electron chi connectivity index (χ3n) is 2.96. The highest BCUT2D eigenvalue weighted by atomic mass is 32.2. The van der Waals surface area contributed by atoms with Crippen LogP contribution in [0.25, 0.3) is 0 Å². The van der Waals surface area contributed by atoms with E-state index in [1.807, 2.05) is 13.8 Å². The number of nitrogens with zero attached hydrogens (tertiary/aromatic N) is 2. The highest BCUT2D eigenvalue weighted by molar-refractivity contribution is 8.01. The Labute approximate surface area is 114 Å². The van der Waals surface area contributed by atoms with Gasteiger partial charge in [-0.15, -0.1) is 11.8 Å². The van der Waals surface area contributed by atoms with Crippen molar-refractivity contribution in [3.63, 3.8) is 0 Å². The van der Waals surface area contributed by atoms with E-state index in [4.69, 9.17) is 0 Å². The fourth-order valence-electron chi connectivity index (χ4n) is 1.58. The number of hydrogen-bond donors (Lipinski definition) is 2. The molecule has 7 nitrogen and oxygen atoms in total. The maximum atomic E-state index is 11.9. The Bertz CT molecular complexity index is 500. The van der Waals surface area contributed by atoms with Gasteiger partial charge in [-0.1, -0.05) is 10.3 Å². The first-order valence-corrected chi connectivity index (χ1v) is 6.89. The molecule has 0 bridgehead atoms. The molecule has 1 aliphatic heterocycles. The van der Waals surface area contributed by atoms with Gasteiger partial charge in [0, 0.05) is 5.75 Å². The first-order chi connectivity index (χ1) is 8.90. The van der Waals surface area contributed by atoms with Crippen molar-refractivity contribution in [2.45, 2.75) is 38.1 Å². The van der Waals surface area contributed by atoms with Crippen LogP contribution in [0.2, 0.25) is 0 Å². The van der Waals surface area contributed by atoms with E-state index < -0.39 is 10.8 Å². The molecule has 1 aromatic heterocycles. The summed E-state index contributed by atoms with van der Waals surface area (Å²) < 4.78 is 4.06. The molecule has 0 saturated carbocycles. The second-order valence-electron chi connectivity index (χ2n) is 4.86. The summed E-state index contributed by atoms with van der Waals surface area (Å²) in [5.41, 5.74) is 1.23. The Hall–Kier alpha value is -1.57. The zero-order valence-electron chi connectivity index (χ0n) is 11.0. The lowest BCUT2D eigenvalue weighted by atomic mass is 10.1. The summed E-state index contributed by atoms with van der Waals surface area (Å²) in [5.74, 6) is 0.211. The predicted octanol–water partition coefficient (Wildman–Crippen LogP) is 0.00442. The highest BCUT2D eigenvalue weighted by Crippen LogP contribution is 2.28. The lowest BCUT2D eigenvalue weighted by Gasteiger charge is -2.32. The summed E-state index contributed by atoms with van der Waals surface area (Å²) in [6, 6.07) is -0.509. The van der Waals surface area contributed by atoms with Crippen LogP contribution in [0.15, 0.2) is 4.63 Å². The topological polar surface area (TPSA) is 97.1 Å². The van der Waals surface area contributed by atoms with E-state index in [0.29, 0.717) is 17.1 Å². The average molecular weight is 284 g/mol. The lowest BCUT2D eigenvalue weighted by molar-refractivity contribution is -0.129. The summed E-state index contributed by atoms with van der Waals surface area (Å²) >= 11 is 1.47. The van der Waals surface area contributed by atoms with Gasteiger partial charge in [0.05, 0.1) is 11.3 Å². The first-order valence-electron chi connectivity index (χ1n) is 5.91. The fourth-order valence-corrected chi connectivity index (χ4v) is 2.58. The number of hydrogen-bond acceptors (Lipinski definition) is 6. The van der Waals surface area contributed by atoms with Crippen molar-refractivity contribution in [3.8, 4) is 0 Å². The van der Waals surface area contributed by atoms with Gasteiger partial charge in [-0.25, -0.2) is 4.63 Å². The number of aryl methyl sites for hydroxylation is 1. The van der Waals surface area contributed by atoms with E-state index in [-0.39, 0.29) is 18.4 Å². The zero-order valence-corrected chi connectivity index (χ0v) is 11.8. The Balaban J connectivity index is 1.88. The van der Waals surface area contributed by atoms with E-state index in [1.54, 1.807) is 6.92 Å². The molecule has 1 atom stereocenters. The molecule has 1 aliphatic rings. The molecule has 0 radical (unpaired) electrons. The molecule has 0 aliphatic carbocycles. The molecule has 1 saturated heterocycles. The highest BCUT2D eigenvalue weighted by Gasteiger charge is 2.37. The lowest BCUT2D eigenvalue weighted by Crippen LogP contribution is -2.57. The number of aromatic nitrogens is 2. The van der Waals surface area contributed by atoms with Gasteiger partial charge in [-0.3, -0.25) is 9.59 Å². The Morgan fingerprint density at radius 1 is 1.58 bits per heavy atom. The minimum Gasteiger partial charge on any atom is -0.348 e. The first kappa shape index (κ1) is 13.9. The second-order valence-corrected chi connectivity index (χ2v) is 6.50. The minimum atomic E-state index is -0.509. The van der Waals surface area contributed by atoms with Gasteiger partial charge >= 0.3 is 0 Å². The van der Waals surface area contributed by atoms with Crippen LogP contribution < -0.4 is 10.6 Å². The maximum absolute atomic E-state index is 11.9. The van der Waals surface area contributed by atoms with Crippen molar-refractivity contribution in [2.75, 3.05) is 5.75 Å². The average Bonchev–Trinajstić information content (AvgIpc) is 2.75. The molecule has 2 amide bonds. The summed E-state index contributed by atoms with van der Waals surface area (Å²) in [6.07, 6.45) is 0. The van der Waals surface area contributed by atoms with Gasteiger partial charge in [0.25, 0.3) is 0 Å². The van der Waals surface area contributed by atoms with Crippen LogP contribution in [0.5, 0.6) is 0 Å². The number of carbonyl (C=O) groups excluding carboxylic acids is 2. The normalized spacial score (nSPS) is 21.8. The smallest absolute Gasteiger partial charge is 0.243 e. The predicted molar refractivity (Wildman–Crippen MR) is 69.3 cm³/mol. The number of amides is 2. The Morgan fingerprint density at radius 3 is 2.89 bits per heavy atom. The van der Waals surface area contributed by atoms with Crippen LogP contribution in [0, 0.1) is 6.92 Å². The summed E-state index contributed by atoms with van der Waals surface area (Å²) in [6.45, 7) is 5.67. The third-order valence-corrected chi connectivity index (χ3v) is 4.36.